The van der Waals surface area contributed by atoms with Crippen LogP contribution in [0.3, 0.4) is 0 Å². The molecule has 0 N–H and O–H groups in total. The predicted molar refractivity (Wildman–Crippen MR) is 82.4 cm³/mol. The monoisotopic (exact) mass is 390 g/mol. The molecule has 2 rings (SSSR count). The standard InChI is InChI=1S/C16H12F6N4O/c1-2-26(11-5-3-4-10(6-11)7-23)14-24-8-12(16(20,21)22)13(25-14)27-9-15(17,18)19/h3-6,8H,2,9H2,1H3. The summed E-state index contributed by atoms with van der Waals surface area (Å²) >= 11 is 0. The molecule has 144 valence electrons. The van der Waals surface area contributed by atoms with Gasteiger partial charge in [0, 0.05) is 18.4 Å². The van der Waals surface area contributed by atoms with Crippen molar-refractivity contribution in [3.8, 4) is 11.9 Å². The Hall–Kier alpha value is -3.03. The minimum Gasteiger partial charge on any atom is -0.467 e. The average Bonchev–Trinajstić information content (AvgIpc) is 2.59. The van der Waals surface area contributed by atoms with Crippen molar-refractivity contribution in [1.82, 2.24) is 9.97 Å². The first-order valence-corrected chi connectivity index (χ1v) is 7.46. The van der Waals surface area contributed by atoms with Gasteiger partial charge in [0.1, 0.15) is 5.56 Å². The molecule has 11 heteroatoms. The maximum Gasteiger partial charge on any atom is 0.423 e. The number of hydrogen-bond donors (Lipinski definition) is 0. The second-order valence-corrected chi connectivity index (χ2v) is 5.20. The molecule has 0 spiro atoms. The van der Waals surface area contributed by atoms with Crippen LogP contribution >= 0.6 is 0 Å². The summed E-state index contributed by atoms with van der Waals surface area (Å²) in [5.74, 6) is -1.52. The van der Waals surface area contributed by atoms with E-state index in [0.717, 1.165) is 0 Å². The lowest BCUT2D eigenvalue weighted by Crippen LogP contribution is -2.24. The molecular weight excluding hydrogens is 378 g/mol. The third-order valence-corrected chi connectivity index (χ3v) is 3.26. The van der Waals surface area contributed by atoms with E-state index >= 15 is 0 Å². The van der Waals surface area contributed by atoms with Crippen LogP contribution in [0, 0.1) is 11.3 Å². The molecule has 0 saturated carbocycles. The molecule has 0 aliphatic heterocycles. The van der Waals surface area contributed by atoms with Gasteiger partial charge in [-0.1, -0.05) is 6.07 Å². The molecule has 27 heavy (non-hydrogen) atoms. The van der Waals surface area contributed by atoms with Crippen LogP contribution in [0.1, 0.15) is 18.1 Å². The van der Waals surface area contributed by atoms with E-state index in [1.54, 1.807) is 19.1 Å². The summed E-state index contributed by atoms with van der Waals surface area (Å²) in [5, 5.41) is 8.95. The number of anilines is 2. The summed E-state index contributed by atoms with van der Waals surface area (Å²) < 4.78 is 80.4. The van der Waals surface area contributed by atoms with Crippen molar-refractivity contribution in [1.29, 1.82) is 5.26 Å². The third kappa shape index (κ3) is 5.22. The molecule has 0 bridgehead atoms. The van der Waals surface area contributed by atoms with Gasteiger partial charge in [0.25, 0.3) is 0 Å². The highest BCUT2D eigenvalue weighted by molar-refractivity contribution is 5.60. The molecule has 0 unspecified atom stereocenters. The number of hydrogen-bond acceptors (Lipinski definition) is 5. The first kappa shape index (κ1) is 20.3. The highest BCUT2D eigenvalue weighted by atomic mass is 19.4. The van der Waals surface area contributed by atoms with Crippen LogP contribution in [0.15, 0.2) is 30.5 Å². The Balaban J connectivity index is 2.47. The second kappa shape index (κ2) is 7.69. The van der Waals surface area contributed by atoms with Crippen LogP contribution in [0.4, 0.5) is 38.0 Å². The topological polar surface area (TPSA) is 62.0 Å². The fourth-order valence-electron chi connectivity index (χ4n) is 2.12. The molecular formula is C16H12F6N4O. The summed E-state index contributed by atoms with van der Waals surface area (Å²) in [6, 6.07) is 7.97. The van der Waals surface area contributed by atoms with Gasteiger partial charge in [-0.25, -0.2) is 4.98 Å². The van der Waals surface area contributed by atoms with Gasteiger partial charge in [-0.3, -0.25) is 0 Å². The van der Waals surface area contributed by atoms with Crippen molar-refractivity contribution >= 4 is 11.6 Å². The van der Waals surface area contributed by atoms with Gasteiger partial charge in [-0.05, 0) is 25.1 Å². The number of rotatable bonds is 5. The van der Waals surface area contributed by atoms with E-state index in [9.17, 15) is 26.3 Å². The van der Waals surface area contributed by atoms with Gasteiger partial charge >= 0.3 is 12.4 Å². The van der Waals surface area contributed by atoms with Gasteiger partial charge < -0.3 is 9.64 Å². The number of halogens is 6. The molecule has 2 aromatic rings. The van der Waals surface area contributed by atoms with Crippen molar-refractivity contribution in [2.45, 2.75) is 19.3 Å². The largest absolute Gasteiger partial charge is 0.467 e. The smallest absolute Gasteiger partial charge is 0.423 e. The van der Waals surface area contributed by atoms with Gasteiger partial charge in [0.05, 0.1) is 11.6 Å². The minimum atomic E-state index is -4.99. The van der Waals surface area contributed by atoms with E-state index in [0.29, 0.717) is 11.9 Å². The Morgan fingerprint density at radius 3 is 2.44 bits per heavy atom. The minimum absolute atomic E-state index is 0.180. The normalized spacial score (nSPS) is 11.8. The van der Waals surface area contributed by atoms with E-state index < -0.39 is 30.4 Å². The molecule has 0 saturated heterocycles. The Morgan fingerprint density at radius 1 is 1.19 bits per heavy atom. The quantitative estimate of drug-likeness (QED) is 0.705. The van der Waals surface area contributed by atoms with Crippen LogP contribution < -0.4 is 9.64 Å². The van der Waals surface area contributed by atoms with Gasteiger partial charge in [-0.15, -0.1) is 0 Å². The van der Waals surface area contributed by atoms with E-state index in [1.165, 1.54) is 17.0 Å². The highest BCUT2D eigenvalue weighted by Crippen LogP contribution is 2.36. The summed E-state index contributed by atoms with van der Waals surface area (Å²) in [6.45, 7) is -0.113. The van der Waals surface area contributed by atoms with Crippen molar-refractivity contribution in [2.24, 2.45) is 0 Å². The summed E-state index contributed by atoms with van der Waals surface area (Å²) in [5.41, 5.74) is -0.846. The van der Waals surface area contributed by atoms with Crippen LogP contribution in [-0.2, 0) is 6.18 Å². The molecule has 0 aliphatic carbocycles. The van der Waals surface area contributed by atoms with Gasteiger partial charge in [0.2, 0.25) is 11.8 Å². The molecule has 0 radical (unpaired) electrons. The summed E-state index contributed by atoms with van der Waals surface area (Å²) in [7, 11) is 0. The van der Waals surface area contributed by atoms with E-state index in [4.69, 9.17) is 5.26 Å². The third-order valence-electron chi connectivity index (χ3n) is 3.26. The van der Waals surface area contributed by atoms with E-state index in [-0.39, 0.29) is 18.1 Å². The van der Waals surface area contributed by atoms with Crippen LogP contribution in [-0.4, -0.2) is 29.3 Å². The van der Waals surface area contributed by atoms with Crippen molar-refractivity contribution in [2.75, 3.05) is 18.1 Å². The number of nitriles is 1. The van der Waals surface area contributed by atoms with Crippen LogP contribution in [0.25, 0.3) is 0 Å². The first-order chi connectivity index (χ1) is 12.5. The lowest BCUT2D eigenvalue weighted by atomic mass is 10.2. The molecule has 1 aromatic heterocycles. The maximum absolute atomic E-state index is 13.0. The Kier molecular flexibility index (Phi) is 5.78. The fraction of sp³-hybridized carbons (Fsp3) is 0.312. The first-order valence-electron chi connectivity index (χ1n) is 7.46. The maximum atomic E-state index is 13.0. The van der Waals surface area contributed by atoms with Crippen LogP contribution in [0.2, 0.25) is 0 Å². The van der Waals surface area contributed by atoms with Gasteiger partial charge in [0.15, 0.2) is 6.61 Å². The van der Waals surface area contributed by atoms with E-state index in [2.05, 4.69) is 14.7 Å². The molecule has 0 amide bonds. The predicted octanol–water partition coefficient (Wildman–Crippen LogP) is 4.47. The molecule has 0 aliphatic rings. The van der Waals surface area contributed by atoms with Crippen molar-refractivity contribution in [3.05, 3.63) is 41.6 Å². The number of aromatic nitrogens is 2. The molecule has 0 atom stereocenters. The zero-order valence-corrected chi connectivity index (χ0v) is 13.8. The number of nitrogens with zero attached hydrogens (tertiary/aromatic N) is 4. The van der Waals surface area contributed by atoms with Crippen LogP contribution in [0.5, 0.6) is 5.88 Å². The van der Waals surface area contributed by atoms with E-state index in [1.807, 2.05) is 6.07 Å². The Morgan fingerprint density at radius 2 is 1.89 bits per heavy atom. The molecule has 0 fully saturated rings. The Bertz CT molecular complexity index is 844. The molecule has 1 aromatic carbocycles. The Labute approximate surface area is 149 Å². The lowest BCUT2D eigenvalue weighted by molar-refractivity contribution is -0.159. The molecule has 1 heterocycles. The number of alkyl halides is 6. The summed E-state index contributed by atoms with van der Waals surface area (Å²) in [4.78, 5) is 8.47. The lowest BCUT2D eigenvalue weighted by Gasteiger charge is -2.22. The fourth-order valence-corrected chi connectivity index (χ4v) is 2.12. The van der Waals surface area contributed by atoms with Crippen molar-refractivity contribution < 1.29 is 31.1 Å². The zero-order valence-electron chi connectivity index (χ0n) is 13.8. The number of ether oxygens (including phenoxy) is 1. The zero-order chi connectivity index (χ0) is 20.2. The highest BCUT2D eigenvalue weighted by Gasteiger charge is 2.38. The SMILES string of the molecule is CCN(c1cccc(C#N)c1)c1ncc(C(F)(F)F)c(OCC(F)(F)F)n1. The second-order valence-electron chi connectivity index (χ2n) is 5.20. The average molecular weight is 390 g/mol. The summed E-state index contributed by atoms with van der Waals surface area (Å²) in [6.07, 6.45) is -9.46. The number of benzene rings is 1. The van der Waals surface area contributed by atoms with Crippen molar-refractivity contribution in [3.63, 3.8) is 0 Å². The molecule has 5 nitrogen and oxygen atoms in total. The van der Waals surface area contributed by atoms with Gasteiger partial charge in [-0.2, -0.15) is 36.6 Å².